The molecule has 0 unspecified atom stereocenters. The molecule has 1 fully saturated rings. The van der Waals surface area contributed by atoms with Gasteiger partial charge in [0.2, 0.25) is 5.76 Å². The Morgan fingerprint density at radius 2 is 2.14 bits per heavy atom. The van der Waals surface area contributed by atoms with E-state index >= 15 is 0 Å². The summed E-state index contributed by atoms with van der Waals surface area (Å²) >= 11 is 1.79. The van der Waals surface area contributed by atoms with Gasteiger partial charge in [0.25, 0.3) is 5.91 Å². The third-order valence-electron chi connectivity index (χ3n) is 5.73. The number of carbonyl (C=O) groups excluding carboxylic acids is 1. The summed E-state index contributed by atoms with van der Waals surface area (Å²) in [6.07, 6.45) is 6.95. The highest BCUT2D eigenvalue weighted by molar-refractivity contribution is 7.15. The molecular weight excluding hydrogens is 390 g/mol. The van der Waals surface area contributed by atoms with Crippen molar-refractivity contribution in [2.45, 2.75) is 24.9 Å². The summed E-state index contributed by atoms with van der Waals surface area (Å²) in [4.78, 5) is 25.3. The molecular formula is C21H21N3O4S. The Kier molecular flexibility index (Phi) is 4.60. The average Bonchev–Trinajstić information content (AvgIpc) is 3.45. The first-order valence-corrected chi connectivity index (χ1v) is 10.5. The van der Waals surface area contributed by atoms with Crippen LogP contribution in [0, 0.1) is 0 Å². The topological polar surface area (TPSA) is 77.7 Å². The predicted molar refractivity (Wildman–Crippen MR) is 107 cm³/mol. The van der Waals surface area contributed by atoms with E-state index in [0.717, 1.165) is 35.6 Å². The van der Waals surface area contributed by atoms with E-state index in [9.17, 15) is 4.79 Å². The number of hydrogen-bond acceptors (Lipinski definition) is 7. The summed E-state index contributed by atoms with van der Waals surface area (Å²) in [5.74, 6) is 0.926. The highest BCUT2D eigenvalue weighted by Gasteiger charge is 2.43. The molecule has 29 heavy (non-hydrogen) atoms. The van der Waals surface area contributed by atoms with Crippen LogP contribution < -0.4 is 4.74 Å². The number of likely N-dealkylation sites (tertiary alicyclic amines) is 1. The van der Waals surface area contributed by atoms with Gasteiger partial charge in [0.05, 0.1) is 42.3 Å². The molecule has 0 saturated carbocycles. The second-order valence-corrected chi connectivity index (χ2v) is 8.42. The van der Waals surface area contributed by atoms with Crippen molar-refractivity contribution in [2.75, 3.05) is 26.8 Å². The van der Waals surface area contributed by atoms with Gasteiger partial charge in [0.15, 0.2) is 6.39 Å². The summed E-state index contributed by atoms with van der Waals surface area (Å²) in [7, 11) is 1.64. The fourth-order valence-corrected chi connectivity index (χ4v) is 5.36. The van der Waals surface area contributed by atoms with Crippen LogP contribution in [0.15, 0.2) is 41.4 Å². The molecule has 5 heterocycles. The van der Waals surface area contributed by atoms with Crippen LogP contribution >= 0.6 is 11.3 Å². The number of carbonyl (C=O) groups is 1. The maximum atomic E-state index is 12.6. The van der Waals surface area contributed by atoms with E-state index in [2.05, 4.69) is 16.0 Å². The first kappa shape index (κ1) is 18.3. The van der Waals surface area contributed by atoms with Gasteiger partial charge in [0.1, 0.15) is 5.75 Å². The molecule has 0 aromatic carbocycles. The zero-order valence-corrected chi connectivity index (χ0v) is 16.9. The van der Waals surface area contributed by atoms with E-state index < -0.39 is 0 Å². The van der Waals surface area contributed by atoms with E-state index in [1.165, 1.54) is 23.0 Å². The van der Waals surface area contributed by atoms with Crippen LogP contribution in [0.25, 0.3) is 10.6 Å². The number of rotatable bonds is 3. The van der Waals surface area contributed by atoms with Gasteiger partial charge in [-0.25, -0.2) is 4.98 Å². The number of fused-ring (bicyclic) bond motifs is 2. The zero-order chi connectivity index (χ0) is 19.8. The molecule has 1 saturated heterocycles. The molecule has 8 heteroatoms. The molecule has 5 rings (SSSR count). The van der Waals surface area contributed by atoms with Crippen molar-refractivity contribution in [1.82, 2.24) is 14.9 Å². The number of pyridine rings is 1. The first-order chi connectivity index (χ1) is 14.2. The number of amides is 1. The summed E-state index contributed by atoms with van der Waals surface area (Å²) in [6, 6.07) is 6.14. The number of ether oxygens (including phenoxy) is 2. The Morgan fingerprint density at radius 3 is 2.83 bits per heavy atom. The standard InChI is InChI=1S/C21H21N3O4S/c1-26-14-2-3-16(23-11-14)19-10-15-18(29-19)4-9-28-21(15)5-7-24(8-6-21)20(25)17-12-22-13-27-17/h2-3,10-13H,4-9H2,1H3. The summed E-state index contributed by atoms with van der Waals surface area (Å²) in [5, 5.41) is 0. The molecule has 0 bridgehead atoms. The molecule has 0 N–H and O–H groups in total. The summed E-state index contributed by atoms with van der Waals surface area (Å²) in [6.45, 7) is 1.97. The van der Waals surface area contributed by atoms with Gasteiger partial charge in [-0.1, -0.05) is 0 Å². The molecule has 0 radical (unpaired) electrons. The predicted octanol–water partition coefficient (Wildman–Crippen LogP) is 3.51. The van der Waals surface area contributed by atoms with Crippen LogP contribution in [-0.2, 0) is 16.8 Å². The number of thiophene rings is 1. The third kappa shape index (κ3) is 3.22. The average molecular weight is 411 g/mol. The smallest absolute Gasteiger partial charge is 0.291 e. The van der Waals surface area contributed by atoms with Gasteiger partial charge >= 0.3 is 0 Å². The van der Waals surface area contributed by atoms with Crippen molar-refractivity contribution in [2.24, 2.45) is 0 Å². The summed E-state index contributed by atoms with van der Waals surface area (Å²) < 4.78 is 16.7. The molecule has 3 aromatic rings. The Hall–Kier alpha value is -2.71. The lowest BCUT2D eigenvalue weighted by Crippen LogP contribution is -2.48. The minimum Gasteiger partial charge on any atom is -0.495 e. The lowest BCUT2D eigenvalue weighted by Gasteiger charge is -2.43. The van der Waals surface area contributed by atoms with Crippen molar-refractivity contribution >= 4 is 17.2 Å². The van der Waals surface area contributed by atoms with Crippen LogP contribution in [0.2, 0.25) is 0 Å². The van der Waals surface area contributed by atoms with Crippen molar-refractivity contribution in [3.63, 3.8) is 0 Å². The zero-order valence-electron chi connectivity index (χ0n) is 16.1. The van der Waals surface area contributed by atoms with Crippen LogP contribution in [0.1, 0.15) is 33.8 Å². The molecule has 0 atom stereocenters. The van der Waals surface area contributed by atoms with Crippen LogP contribution in [0.4, 0.5) is 0 Å². The normalized spacial score (nSPS) is 17.9. The van der Waals surface area contributed by atoms with Gasteiger partial charge < -0.3 is 18.8 Å². The molecule has 1 amide bonds. The Morgan fingerprint density at radius 1 is 1.28 bits per heavy atom. The largest absolute Gasteiger partial charge is 0.495 e. The van der Waals surface area contributed by atoms with Crippen LogP contribution in [0.5, 0.6) is 5.75 Å². The molecule has 3 aromatic heterocycles. The molecule has 2 aliphatic heterocycles. The minimum atomic E-state index is -0.326. The van der Waals surface area contributed by atoms with E-state index in [1.54, 1.807) is 24.6 Å². The number of aromatic nitrogens is 2. The van der Waals surface area contributed by atoms with Gasteiger partial charge in [-0.3, -0.25) is 9.78 Å². The SMILES string of the molecule is COc1ccc(-c2cc3c(s2)CCOC32CCN(C(=O)c3cnco3)CC2)nc1. The van der Waals surface area contributed by atoms with E-state index in [0.29, 0.717) is 19.7 Å². The maximum Gasteiger partial charge on any atom is 0.291 e. The molecule has 0 aliphatic carbocycles. The van der Waals surface area contributed by atoms with Gasteiger partial charge in [0, 0.05) is 24.4 Å². The lowest BCUT2D eigenvalue weighted by molar-refractivity contribution is -0.0928. The Labute approximate surface area is 172 Å². The van der Waals surface area contributed by atoms with Gasteiger partial charge in [-0.2, -0.15) is 0 Å². The van der Waals surface area contributed by atoms with Crippen LogP contribution in [0.3, 0.4) is 0 Å². The molecule has 150 valence electrons. The number of hydrogen-bond donors (Lipinski definition) is 0. The Bertz CT molecular complexity index is 1010. The van der Waals surface area contributed by atoms with E-state index in [1.807, 2.05) is 17.0 Å². The van der Waals surface area contributed by atoms with Crippen molar-refractivity contribution in [1.29, 1.82) is 0 Å². The van der Waals surface area contributed by atoms with Crippen molar-refractivity contribution < 1.29 is 18.7 Å². The second-order valence-electron chi connectivity index (χ2n) is 7.28. The van der Waals surface area contributed by atoms with Crippen molar-refractivity contribution in [3.8, 4) is 16.3 Å². The van der Waals surface area contributed by atoms with Gasteiger partial charge in [-0.15, -0.1) is 11.3 Å². The molecule has 1 spiro atoms. The third-order valence-corrected chi connectivity index (χ3v) is 6.95. The second kappa shape index (κ2) is 7.27. The quantitative estimate of drug-likeness (QED) is 0.656. The molecule has 2 aliphatic rings. The highest BCUT2D eigenvalue weighted by Crippen LogP contribution is 2.46. The van der Waals surface area contributed by atoms with Gasteiger partial charge in [-0.05, 0) is 36.6 Å². The first-order valence-electron chi connectivity index (χ1n) is 9.64. The number of methoxy groups -OCH3 is 1. The lowest BCUT2D eigenvalue weighted by atomic mass is 9.82. The fraction of sp³-hybridized carbons (Fsp3) is 0.381. The van der Waals surface area contributed by atoms with E-state index in [-0.39, 0.29) is 17.3 Å². The number of piperidine rings is 1. The number of nitrogens with zero attached hydrogens (tertiary/aromatic N) is 3. The fourth-order valence-electron chi connectivity index (χ4n) is 4.15. The maximum absolute atomic E-state index is 12.6. The summed E-state index contributed by atoms with van der Waals surface area (Å²) in [5.41, 5.74) is 1.87. The van der Waals surface area contributed by atoms with E-state index in [4.69, 9.17) is 13.9 Å². The number of oxazole rings is 1. The van der Waals surface area contributed by atoms with Crippen LogP contribution in [-0.4, -0.2) is 47.6 Å². The monoisotopic (exact) mass is 411 g/mol. The highest BCUT2D eigenvalue weighted by atomic mass is 32.1. The molecule has 7 nitrogen and oxygen atoms in total. The Balaban J connectivity index is 1.38. The van der Waals surface area contributed by atoms with Crippen molar-refractivity contribution in [3.05, 3.63) is 53.2 Å². The minimum absolute atomic E-state index is 0.109.